The number of rotatable bonds is 12. The van der Waals surface area contributed by atoms with Gasteiger partial charge in [-0.25, -0.2) is 4.79 Å². The summed E-state index contributed by atoms with van der Waals surface area (Å²) in [6, 6.07) is 20.4. The monoisotopic (exact) mass is 556 g/mol. The molecular weight excluding hydrogens is 508 g/mol. The minimum atomic E-state index is -2.82. The van der Waals surface area contributed by atoms with Crippen molar-refractivity contribution < 1.29 is 24.2 Å². The smallest absolute Gasteiger partial charge is 0.407 e. The number of ether oxygens (including phenoxy) is 1. The Morgan fingerprint density at radius 2 is 1.51 bits per heavy atom. The molecule has 1 aliphatic heterocycles. The summed E-state index contributed by atoms with van der Waals surface area (Å²) in [5, 5.41) is 27.3. The van der Waals surface area contributed by atoms with Crippen molar-refractivity contribution in [1.29, 1.82) is 0 Å². The fourth-order valence-corrected chi connectivity index (χ4v) is 10.2. The van der Waals surface area contributed by atoms with E-state index in [1.54, 1.807) is 0 Å². The lowest BCUT2D eigenvalue weighted by molar-refractivity contribution is -0.144. The van der Waals surface area contributed by atoms with Crippen molar-refractivity contribution in [3.05, 3.63) is 60.7 Å². The molecule has 1 amide bonds. The first-order valence-corrected chi connectivity index (χ1v) is 16.4. The molecule has 0 radical (unpaired) electrons. The first-order chi connectivity index (χ1) is 18.7. The highest BCUT2D eigenvalue weighted by Crippen LogP contribution is 2.37. The van der Waals surface area contributed by atoms with Gasteiger partial charge in [-0.2, -0.15) is 0 Å². The number of hydrogen-bond acceptors (Lipinski definition) is 6. The van der Waals surface area contributed by atoms with E-state index < -0.39 is 38.8 Å². The van der Waals surface area contributed by atoms with Crippen molar-refractivity contribution in [3.63, 3.8) is 0 Å². The van der Waals surface area contributed by atoms with E-state index in [-0.39, 0.29) is 11.6 Å². The van der Waals surface area contributed by atoms with Crippen molar-refractivity contribution in [2.75, 3.05) is 26.2 Å². The van der Waals surface area contributed by atoms with Crippen molar-refractivity contribution in [3.8, 4) is 0 Å². The van der Waals surface area contributed by atoms with Gasteiger partial charge in [-0.3, -0.25) is 4.90 Å². The predicted molar refractivity (Wildman–Crippen MR) is 159 cm³/mol. The van der Waals surface area contributed by atoms with Gasteiger partial charge in [0.05, 0.1) is 12.6 Å². The standard InChI is InChI=1S/C31H48N2O5Si/c1-6-8-20-32-30(36)38-27-22-33(21-9-7-2)26(28(34)29(27)35)23-37-39(31(3,4)5,24-16-12-10-13-17-24)25-18-14-11-15-19-25/h10-19,26-29,34-35H,6-9,20-23H2,1-5H3,(H,32,36)/t26-,27+,28-,29-/m1/s1. The number of carbonyl (C=O) groups is 1. The molecule has 3 rings (SSSR count). The van der Waals surface area contributed by atoms with E-state index in [0.29, 0.717) is 19.6 Å². The molecule has 0 aliphatic carbocycles. The fourth-order valence-electron chi connectivity index (χ4n) is 5.59. The molecular formula is C31H48N2O5Si. The van der Waals surface area contributed by atoms with E-state index in [9.17, 15) is 15.0 Å². The third-order valence-corrected chi connectivity index (χ3v) is 12.8. The quantitative estimate of drug-likeness (QED) is 0.273. The summed E-state index contributed by atoms with van der Waals surface area (Å²) < 4.78 is 12.7. The summed E-state index contributed by atoms with van der Waals surface area (Å²) in [5.74, 6) is 0. The largest absolute Gasteiger partial charge is 0.442 e. The molecule has 3 N–H and O–H groups in total. The van der Waals surface area contributed by atoms with Crippen molar-refractivity contribution in [2.24, 2.45) is 0 Å². The number of unbranched alkanes of at least 4 members (excludes halogenated alkanes) is 2. The van der Waals surface area contributed by atoms with E-state index in [0.717, 1.165) is 25.7 Å². The van der Waals surface area contributed by atoms with Crippen LogP contribution in [0.3, 0.4) is 0 Å². The van der Waals surface area contributed by atoms with Gasteiger partial charge >= 0.3 is 6.09 Å². The van der Waals surface area contributed by atoms with Gasteiger partial charge in [0.2, 0.25) is 0 Å². The maximum absolute atomic E-state index is 12.4. The number of carbonyl (C=O) groups excluding carboxylic acids is 1. The zero-order valence-electron chi connectivity index (χ0n) is 24.3. The number of aliphatic hydroxyl groups is 2. The number of benzene rings is 2. The SMILES string of the molecule is CCCCNC(=O)O[C@H]1CN(CCCC)[C@H](CO[Si](c2ccccc2)(c2ccccc2)C(C)(C)C)[C@@H](O)[C@@H]1O. The van der Waals surface area contributed by atoms with Gasteiger partial charge < -0.3 is 24.7 Å². The molecule has 1 fully saturated rings. The molecule has 0 aromatic heterocycles. The molecule has 2 aromatic rings. The molecule has 0 spiro atoms. The second-order valence-corrected chi connectivity index (χ2v) is 15.9. The van der Waals surface area contributed by atoms with Crippen LogP contribution < -0.4 is 15.7 Å². The Bertz CT molecular complexity index is 962. The summed E-state index contributed by atoms with van der Waals surface area (Å²) in [6.45, 7) is 12.7. The Labute approximate surface area is 235 Å². The molecule has 1 heterocycles. The first kappa shape index (κ1) is 31.3. The summed E-state index contributed by atoms with van der Waals surface area (Å²) in [7, 11) is -2.82. The normalized spacial score (nSPS) is 22.4. The Hall–Kier alpha value is -2.23. The van der Waals surface area contributed by atoms with Crippen LogP contribution in [-0.2, 0) is 9.16 Å². The summed E-state index contributed by atoms with van der Waals surface area (Å²) in [4.78, 5) is 14.5. The fraction of sp³-hybridized carbons (Fsp3) is 0.581. The lowest BCUT2D eigenvalue weighted by Crippen LogP contribution is -2.69. The van der Waals surface area contributed by atoms with Crippen LogP contribution in [-0.4, -0.2) is 80.1 Å². The minimum Gasteiger partial charge on any atom is -0.442 e. The van der Waals surface area contributed by atoms with E-state index in [1.165, 1.54) is 10.4 Å². The number of alkyl carbamates (subject to hydrolysis) is 1. The second-order valence-electron chi connectivity index (χ2n) is 11.6. The summed E-state index contributed by atoms with van der Waals surface area (Å²) >= 11 is 0. The van der Waals surface area contributed by atoms with Crippen LogP contribution in [0.25, 0.3) is 0 Å². The Balaban J connectivity index is 1.90. The van der Waals surface area contributed by atoms with Crippen LogP contribution in [0.5, 0.6) is 0 Å². The zero-order valence-corrected chi connectivity index (χ0v) is 25.3. The zero-order chi connectivity index (χ0) is 28.5. The molecule has 8 heteroatoms. The highest BCUT2D eigenvalue weighted by molar-refractivity contribution is 6.99. The number of hydrogen-bond donors (Lipinski definition) is 3. The van der Waals surface area contributed by atoms with Crippen LogP contribution in [0.4, 0.5) is 4.79 Å². The molecule has 2 aromatic carbocycles. The lowest BCUT2D eigenvalue weighted by Gasteiger charge is -2.48. The average Bonchev–Trinajstić information content (AvgIpc) is 2.92. The van der Waals surface area contributed by atoms with Gasteiger partial charge in [0.15, 0.2) is 0 Å². The van der Waals surface area contributed by atoms with Crippen molar-refractivity contribution >= 4 is 24.8 Å². The Morgan fingerprint density at radius 1 is 0.949 bits per heavy atom. The molecule has 0 unspecified atom stereocenters. The minimum absolute atomic E-state index is 0.204. The van der Waals surface area contributed by atoms with Gasteiger partial charge in [0.1, 0.15) is 18.3 Å². The van der Waals surface area contributed by atoms with Crippen LogP contribution in [0.2, 0.25) is 5.04 Å². The third-order valence-electron chi connectivity index (χ3n) is 7.75. The molecule has 1 aliphatic rings. The van der Waals surface area contributed by atoms with Gasteiger partial charge in [0, 0.05) is 13.1 Å². The van der Waals surface area contributed by atoms with Crippen LogP contribution in [0.15, 0.2) is 60.7 Å². The van der Waals surface area contributed by atoms with E-state index >= 15 is 0 Å². The third kappa shape index (κ3) is 7.49. The van der Waals surface area contributed by atoms with Crippen LogP contribution in [0, 0.1) is 0 Å². The lowest BCUT2D eigenvalue weighted by atomic mass is 9.94. The molecule has 39 heavy (non-hydrogen) atoms. The maximum Gasteiger partial charge on any atom is 0.407 e. The highest BCUT2D eigenvalue weighted by Gasteiger charge is 2.52. The molecule has 1 saturated heterocycles. The number of aliphatic hydroxyl groups excluding tert-OH is 2. The topological polar surface area (TPSA) is 91.3 Å². The average molecular weight is 557 g/mol. The molecule has 7 nitrogen and oxygen atoms in total. The number of nitrogens with one attached hydrogen (secondary N) is 1. The molecule has 0 bridgehead atoms. The van der Waals surface area contributed by atoms with Gasteiger partial charge in [-0.1, -0.05) is 108 Å². The van der Waals surface area contributed by atoms with E-state index in [2.05, 4.69) is 93.4 Å². The Morgan fingerprint density at radius 3 is 2.03 bits per heavy atom. The number of amides is 1. The molecule has 4 atom stereocenters. The van der Waals surface area contributed by atoms with Crippen molar-refractivity contribution in [2.45, 2.75) is 89.7 Å². The first-order valence-electron chi connectivity index (χ1n) is 14.4. The van der Waals surface area contributed by atoms with Crippen molar-refractivity contribution in [1.82, 2.24) is 10.2 Å². The highest BCUT2D eigenvalue weighted by atomic mass is 28.4. The summed E-state index contributed by atoms with van der Waals surface area (Å²) in [6.07, 6.45) is 0.0292. The van der Waals surface area contributed by atoms with Gasteiger partial charge in [-0.05, 0) is 34.8 Å². The molecule has 216 valence electrons. The summed E-state index contributed by atoms with van der Waals surface area (Å²) in [5.41, 5.74) is 0. The maximum atomic E-state index is 12.4. The number of nitrogens with zero attached hydrogens (tertiary/aromatic N) is 1. The van der Waals surface area contributed by atoms with E-state index in [4.69, 9.17) is 9.16 Å². The number of likely N-dealkylation sites (tertiary alicyclic amines) is 1. The van der Waals surface area contributed by atoms with Crippen LogP contribution >= 0.6 is 0 Å². The van der Waals surface area contributed by atoms with Gasteiger partial charge in [0.25, 0.3) is 8.32 Å². The van der Waals surface area contributed by atoms with Gasteiger partial charge in [-0.15, -0.1) is 0 Å². The Kier molecular flexibility index (Phi) is 11.6. The van der Waals surface area contributed by atoms with Crippen LogP contribution in [0.1, 0.15) is 60.3 Å². The van der Waals surface area contributed by atoms with E-state index in [1.807, 2.05) is 12.1 Å². The second kappa shape index (κ2) is 14.4. The molecule has 0 saturated carbocycles. The predicted octanol–water partition coefficient (Wildman–Crippen LogP) is 3.66. The number of piperidine rings is 1.